The number of nitrogens with one attached hydrogen (secondary N) is 1. The summed E-state index contributed by atoms with van der Waals surface area (Å²) in [6.45, 7) is 0.987. The molecule has 2 N–H and O–H groups in total. The summed E-state index contributed by atoms with van der Waals surface area (Å²) < 4.78 is 17.9. The van der Waals surface area contributed by atoms with Gasteiger partial charge in [-0.1, -0.05) is 36.4 Å². The number of amides is 1. The second kappa shape index (κ2) is 10.9. The van der Waals surface area contributed by atoms with Crippen LogP contribution in [0.25, 0.3) is 0 Å². The third-order valence-electron chi connectivity index (χ3n) is 5.46. The van der Waals surface area contributed by atoms with Gasteiger partial charge in [0.1, 0.15) is 30.0 Å². The summed E-state index contributed by atoms with van der Waals surface area (Å²) in [6, 6.07) is 17.4. The minimum atomic E-state index is -0.814. The van der Waals surface area contributed by atoms with E-state index < -0.39 is 36.7 Å². The Bertz CT molecular complexity index is 1230. The van der Waals surface area contributed by atoms with E-state index in [-0.39, 0.29) is 24.8 Å². The molecule has 1 aliphatic heterocycles. The molecule has 0 spiro atoms. The number of hydrogen-bond acceptors (Lipinski definition) is 8. The number of aromatic nitrogens is 2. The minimum Gasteiger partial charge on any atom is -0.482 e. The normalized spacial score (nSPS) is 19.2. The van der Waals surface area contributed by atoms with Crippen LogP contribution in [-0.4, -0.2) is 52.0 Å². The summed E-state index contributed by atoms with van der Waals surface area (Å²) in [5.74, 6) is -0.350. The molecule has 1 aromatic heterocycles. The van der Waals surface area contributed by atoms with Crippen molar-refractivity contribution in [1.29, 1.82) is 0 Å². The monoisotopic (exact) mass is 479 g/mol. The molecule has 0 radical (unpaired) electrons. The average molecular weight is 479 g/mol. The standard InChI is InChI=1S/C25H25N3O7/c1-16-13-28(25(32)27-23(16)26-24(31)17-8-4-2-5-9-17)21-12-19(20(14-29)34-21)35-22(30)15-33-18-10-6-3-7-11-18/h2-11,13,19-21,29H,12,14-15H2,1H3,(H,26,27,31,32)/t19-,20+,21+/m0/s1. The van der Waals surface area contributed by atoms with E-state index >= 15 is 0 Å². The summed E-state index contributed by atoms with van der Waals surface area (Å²) in [6.07, 6.45) is -0.749. The van der Waals surface area contributed by atoms with Crippen LogP contribution in [-0.2, 0) is 14.3 Å². The van der Waals surface area contributed by atoms with Crippen molar-refractivity contribution in [2.24, 2.45) is 0 Å². The van der Waals surface area contributed by atoms with E-state index in [9.17, 15) is 19.5 Å². The Morgan fingerprint density at radius 1 is 1.14 bits per heavy atom. The molecule has 0 bridgehead atoms. The maximum absolute atomic E-state index is 12.7. The lowest BCUT2D eigenvalue weighted by atomic mass is 10.2. The molecule has 0 saturated carbocycles. The quantitative estimate of drug-likeness (QED) is 0.470. The lowest BCUT2D eigenvalue weighted by Gasteiger charge is -2.17. The minimum absolute atomic E-state index is 0.137. The van der Waals surface area contributed by atoms with Crippen LogP contribution in [0.1, 0.15) is 28.6 Å². The van der Waals surface area contributed by atoms with E-state index in [4.69, 9.17) is 14.2 Å². The Labute approximate surface area is 201 Å². The van der Waals surface area contributed by atoms with Crippen LogP contribution < -0.4 is 15.7 Å². The van der Waals surface area contributed by atoms with Gasteiger partial charge in [0, 0.05) is 23.7 Å². The molecule has 0 aliphatic carbocycles. The maximum atomic E-state index is 12.7. The van der Waals surface area contributed by atoms with Crippen LogP contribution in [0.4, 0.5) is 5.82 Å². The van der Waals surface area contributed by atoms with E-state index in [1.807, 2.05) is 6.07 Å². The number of esters is 1. The highest BCUT2D eigenvalue weighted by atomic mass is 16.6. The fraction of sp³-hybridized carbons (Fsp3) is 0.280. The second-order valence-corrected chi connectivity index (χ2v) is 7.96. The fourth-order valence-corrected chi connectivity index (χ4v) is 3.69. The number of carbonyl (C=O) groups is 2. The number of para-hydroxylation sites is 1. The Hall–Kier alpha value is -4.02. The molecule has 35 heavy (non-hydrogen) atoms. The van der Waals surface area contributed by atoms with Gasteiger partial charge in [-0.15, -0.1) is 0 Å². The van der Waals surface area contributed by atoms with Crippen LogP contribution >= 0.6 is 0 Å². The van der Waals surface area contributed by atoms with Gasteiger partial charge in [-0.25, -0.2) is 9.59 Å². The largest absolute Gasteiger partial charge is 0.482 e. The van der Waals surface area contributed by atoms with E-state index in [0.717, 1.165) is 0 Å². The Balaban J connectivity index is 1.41. The highest BCUT2D eigenvalue weighted by Gasteiger charge is 2.39. The van der Waals surface area contributed by atoms with E-state index in [1.54, 1.807) is 61.5 Å². The van der Waals surface area contributed by atoms with E-state index in [1.165, 1.54) is 10.8 Å². The number of aryl methyl sites for hydroxylation is 1. The van der Waals surface area contributed by atoms with Crippen LogP contribution in [0.2, 0.25) is 0 Å². The topological polar surface area (TPSA) is 129 Å². The Morgan fingerprint density at radius 2 is 1.83 bits per heavy atom. The number of nitrogens with zero attached hydrogens (tertiary/aromatic N) is 2. The highest BCUT2D eigenvalue weighted by Crippen LogP contribution is 2.30. The second-order valence-electron chi connectivity index (χ2n) is 7.96. The fourth-order valence-electron chi connectivity index (χ4n) is 3.69. The van der Waals surface area contributed by atoms with Crippen molar-refractivity contribution < 1.29 is 28.9 Å². The molecule has 2 aromatic carbocycles. The molecule has 10 heteroatoms. The molecule has 3 atom stereocenters. The lowest BCUT2D eigenvalue weighted by molar-refractivity contribution is -0.155. The van der Waals surface area contributed by atoms with E-state index in [2.05, 4.69) is 10.3 Å². The number of aliphatic hydroxyl groups is 1. The van der Waals surface area contributed by atoms with Gasteiger partial charge in [-0.05, 0) is 31.2 Å². The zero-order chi connectivity index (χ0) is 24.8. The van der Waals surface area contributed by atoms with Crippen LogP contribution in [0.3, 0.4) is 0 Å². The molecule has 4 rings (SSSR count). The molecule has 2 heterocycles. The maximum Gasteiger partial charge on any atom is 0.351 e. The molecule has 1 fully saturated rings. The number of rotatable bonds is 8. The first-order chi connectivity index (χ1) is 16.9. The number of ether oxygens (including phenoxy) is 3. The van der Waals surface area contributed by atoms with Gasteiger partial charge in [0.05, 0.1) is 6.61 Å². The summed E-state index contributed by atoms with van der Waals surface area (Å²) in [5.41, 5.74) is 0.318. The number of benzene rings is 2. The van der Waals surface area contributed by atoms with Crippen molar-refractivity contribution in [3.8, 4) is 5.75 Å². The molecule has 3 aromatic rings. The van der Waals surface area contributed by atoms with Gasteiger partial charge in [0.2, 0.25) is 0 Å². The molecule has 1 saturated heterocycles. The smallest absolute Gasteiger partial charge is 0.351 e. The summed E-state index contributed by atoms with van der Waals surface area (Å²) >= 11 is 0. The van der Waals surface area contributed by atoms with Crippen molar-refractivity contribution in [2.45, 2.75) is 31.8 Å². The summed E-state index contributed by atoms with van der Waals surface area (Å²) in [5, 5.41) is 12.3. The van der Waals surface area contributed by atoms with Gasteiger partial charge in [0.25, 0.3) is 5.91 Å². The van der Waals surface area contributed by atoms with Gasteiger partial charge >= 0.3 is 11.7 Å². The van der Waals surface area contributed by atoms with Gasteiger partial charge in [-0.2, -0.15) is 4.98 Å². The SMILES string of the molecule is Cc1cn([C@H]2C[C@H](OC(=O)COc3ccccc3)[C@@H](CO)O2)c(=O)nc1NC(=O)c1ccccc1. The van der Waals surface area contributed by atoms with Crippen molar-refractivity contribution in [3.05, 3.63) is 88.5 Å². The van der Waals surface area contributed by atoms with Crippen LogP contribution in [0, 0.1) is 6.92 Å². The number of hydrogen-bond donors (Lipinski definition) is 2. The molecular weight excluding hydrogens is 454 g/mol. The van der Waals surface area contributed by atoms with E-state index in [0.29, 0.717) is 16.9 Å². The van der Waals surface area contributed by atoms with Crippen LogP contribution in [0.5, 0.6) is 5.75 Å². The Kier molecular flexibility index (Phi) is 7.54. The first kappa shape index (κ1) is 24.1. The van der Waals surface area contributed by atoms with Crippen LogP contribution in [0.15, 0.2) is 71.7 Å². The van der Waals surface area contributed by atoms with Gasteiger partial charge < -0.3 is 24.6 Å². The lowest BCUT2D eigenvalue weighted by Crippen LogP contribution is -2.31. The van der Waals surface area contributed by atoms with Crippen molar-refractivity contribution in [1.82, 2.24) is 9.55 Å². The average Bonchev–Trinajstić information content (AvgIpc) is 3.28. The summed E-state index contributed by atoms with van der Waals surface area (Å²) in [7, 11) is 0. The third-order valence-corrected chi connectivity index (χ3v) is 5.46. The van der Waals surface area contributed by atoms with Crippen molar-refractivity contribution in [2.75, 3.05) is 18.5 Å². The van der Waals surface area contributed by atoms with Crippen molar-refractivity contribution in [3.63, 3.8) is 0 Å². The molecule has 1 amide bonds. The zero-order valence-corrected chi connectivity index (χ0v) is 19.0. The zero-order valence-electron chi connectivity index (χ0n) is 19.0. The number of carbonyl (C=O) groups excluding carboxylic acids is 2. The highest BCUT2D eigenvalue weighted by molar-refractivity contribution is 6.03. The molecule has 10 nitrogen and oxygen atoms in total. The first-order valence-corrected chi connectivity index (χ1v) is 11.0. The predicted molar refractivity (Wildman–Crippen MR) is 125 cm³/mol. The molecule has 0 unspecified atom stereocenters. The Morgan fingerprint density at radius 3 is 2.51 bits per heavy atom. The predicted octanol–water partition coefficient (Wildman–Crippen LogP) is 2.07. The molecule has 182 valence electrons. The van der Waals surface area contributed by atoms with Gasteiger partial charge in [-0.3, -0.25) is 9.36 Å². The number of aliphatic hydroxyl groups excluding tert-OH is 1. The molecule has 1 aliphatic rings. The van der Waals surface area contributed by atoms with Gasteiger partial charge in [0.15, 0.2) is 6.61 Å². The summed E-state index contributed by atoms with van der Waals surface area (Å²) in [4.78, 5) is 41.4. The number of anilines is 1. The third kappa shape index (κ3) is 5.92. The van der Waals surface area contributed by atoms with Crippen molar-refractivity contribution >= 4 is 17.7 Å². The first-order valence-electron chi connectivity index (χ1n) is 11.0. The molecular formula is C25H25N3O7.